The maximum absolute atomic E-state index is 11.7. The minimum absolute atomic E-state index is 0.00254. The number of rotatable bonds is 8. The number of ether oxygens (including phenoxy) is 2. The van der Waals surface area contributed by atoms with E-state index in [2.05, 4.69) is 19.2 Å². The zero-order chi connectivity index (χ0) is 15.0. The molecule has 0 bridgehead atoms. The first-order valence-corrected chi connectivity index (χ1v) is 6.67. The minimum Gasteiger partial charge on any atom is -0.482 e. The third-order valence-electron chi connectivity index (χ3n) is 3.02. The average molecular weight is 280 g/mol. The molecule has 0 unspecified atom stereocenters. The van der Waals surface area contributed by atoms with Crippen LogP contribution < -0.4 is 15.8 Å². The number of anilines is 1. The lowest BCUT2D eigenvalue weighted by Gasteiger charge is -2.24. The zero-order valence-electron chi connectivity index (χ0n) is 12.4. The van der Waals surface area contributed by atoms with Crippen LogP contribution in [0.1, 0.15) is 20.3 Å². The molecule has 0 saturated heterocycles. The Hall–Kier alpha value is -1.75. The van der Waals surface area contributed by atoms with Gasteiger partial charge in [-0.1, -0.05) is 26.0 Å². The predicted molar refractivity (Wildman–Crippen MR) is 79.6 cm³/mol. The van der Waals surface area contributed by atoms with Crippen molar-refractivity contribution in [2.75, 3.05) is 32.6 Å². The Morgan fingerprint density at radius 1 is 1.35 bits per heavy atom. The number of nitrogens with two attached hydrogens (primary N) is 1. The van der Waals surface area contributed by atoms with Crippen molar-refractivity contribution in [3.63, 3.8) is 0 Å². The minimum atomic E-state index is -0.154. The molecule has 0 aliphatic rings. The predicted octanol–water partition coefficient (Wildman–Crippen LogP) is 1.83. The van der Waals surface area contributed by atoms with Crippen LogP contribution in [0.4, 0.5) is 5.69 Å². The van der Waals surface area contributed by atoms with E-state index in [0.29, 0.717) is 24.6 Å². The van der Waals surface area contributed by atoms with E-state index in [1.165, 1.54) is 0 Å². The summed E-state index contributed by atoms with van der Waals surface area (Å²) in [5.41, 5.74) is 6.26. The molecular formula is C15H24N2O3. The number of nitrogens with one attached hydrogen (secondary N) is 1. The van der Waals surface area contributed by atoms with Gasteiger partial charge < -0.3 is 20.5 Å². The molecule has 1 aromatic rings. The molecule has 112 valence electrons. The molecule has 5 heteroatoms. The lowest BCUT2D eigenvalue weighted by atomic mass is 9.90. The summed E-state index contributed by atoms with van der Waals surface area (Å²) in [6, 6.07) is 7.12. The second kappa shape index (κ2) is 7.75. The van der Waals surface area contributed by atoms with E-state index < -0.39 is 0 Å². The van der Waals surface area contributed by atoms with Crippen molar-refractivity contribution in [3.8, 4) is 5.75 Å². The van der Waals surface area contributed by atoms with Crippen molar-refractivity contribution in [1.82, 2.24) is 5.32 Å². The van der Waals surface area contributed by atoms with Crippen molar-refractivity contribution in [1.29, 1.82) is 0 Å². The highest BCUT2D eigenvalue weighted by Crippen LogP contribution is 2.20. The fourth-order valence-corrected chi connectivity index (χ4v) is 1.61. The molecule has 0 spiro atoms. The van der Waals surface area contributed by atoms with E-state index in [0.717, 1.165) is 6.42 Å². The van der Waals surface area contributed by atoms with Crippen LogP contribution in [0, 0.1) is 5.41 Å². The number of para-hydroxylation sites is 2. The van der Waals surface area contributed by atoms with Crippen molar-refractivity contribution in [2.24, 2.45) is 5.41 Å². The number of carbonyl (C=O) groups is 1. The molecule has 20 heavy (non-hydrogen) atoms. The average Bonchev–Trinajstić information content (AvgIpc) is 2.42. The van der Waals surface area contributed by atoms with E-state index in [1.54, 1.807) is 19.2 Å². The number of amides is 1. The number of nitrogen functional groups attached to an aromatic ring is 1. The highest BCUT2D eigenvalue weighted by atomic mass is 16.5. The second-order valence-corrected chi connectivity index (χ2v) is 5.51. The van der Waals surface area contributed by atoms with Gasteiger partial charge in [0.15, 0.2) is 6.61 Å². The maximum Gasteiger partial charge on any atom is 0.257 e. The first-order valence-electron chi connectivity index (χ1n) is 6.67. The van der Waals surface area contributed by atoms with E-state index in [1.807, 2.05) is 12.1 Å². The van der Waals surface area contributed by atoms with Crippen LogP contribution >= 0.6 is 0 Å². The van der Waals surface area contributed by atoms with Gasteiger partial charge >= 0.3 is 0 Å². The van der Waals surface area contributed by atoms with Gasteiger partial charge in [0.1, 0.15) is 5.75 Å². The molecule has 0 heterocycles. The molecule has 0 aromatic heterocycles. The van der Waals surface area contributed by atoms with Crippen molar-refractivity contribution in [3.05, 3.63) is 24.3 Å². The largest absolute Gasteiger partial charge is 0.482 e. The van der Waals surface area contributed by atoms with Gasteiger partial charge in [-0.3, -0.25) is 4.79 Å². The molecular weight excluding hydrogens is 256 g/mol. The highest BCUT2D eigenvalue weighted by Gasteiger charge is 2.18. The van der Waals surface area contributed by atoms with E-state index in [4.69, 9.17) is 15.2 Å². The Balaban J connectivity index is 2.32. The Morgan fingerprint density at radius 3 is 2.70 bits per heavy atom. The molecule has 0 aliphatic heterocycles. The zero-order valence-corrected chi connectivity index (χ0v) is 12.4. The molecule has 1 rings (SSSR count). The lowest BCUT2D eigenvalue weighted by molar-refractivity contribution is -0.123. The fraction of sp³-hybridized carbons (Fsp3) is 0.533. The van der Waals surface area contributed by atoms with Crippen LogP contribution in [0.25, 0.3) is 0 Å². The number of benzene rings is 1. The molecule has 0 fully saturated rings. The summed E-state index contributed by atoms with van der Waals surface area (Å²) in [6.45, 7) is 5.40. The summed E-state index contributed by atoms with van der Waals surface area (Å²) in [7, 11) is 1.67. The third kappa shape index (κ3) is 5.93. The molecule has 1 amide bonds. The summed E-state index contributed by atoms with van der Waals surface area (Å²) in [4.78, 5) is 11.7. The number of carbonyl (C=O) groups excluding carboxylic acids is 1. The Bertz CT molecular complexity index is 433. The third-order valence-corrected chi connectivity index (χ3v) is 3.02. The standard InChI is InChI=1S/C15H24N2O3/c1-15(2,8-9-19-3)11-17-14(18)10-20-13-7-5-4-6-12(13)16/h4-7H,8-11,16H2,1-3H3,(H,17,18). The van der Waals surface area contributed by atoms with Gasteiger partial charge in [0, 0.05) is 20.3 Å². The summed E-state index contributed by atoms with van der Waals surface area (Å²) in [6.07, 6.45) is 0.885. The smallest absolute Gasteiger partial charge is 0.257 e. The van der Waals surface area contributed by atoms with E-state index in [-0.39, 0.29) is 17.9 Å². The van der Waals surface area contributed by atoms with E-state index in [9.17, 15) is 4.79 Å². The van der Waals surface area contributed by atoms with Crippen molar-refractivity contribution < 1.29 is 14.3 Å². The SMILES string of the molecule is COCCC(C)(C)CNC(=O)COc1ccccc1N. The summed E-state index contributed by atoms with van der Waals surface area (Å²) >= 11 is 0. The normalized spacial score (nSPS) is 11.2. The highest BCUT2D eigenvalue weighted by molar-refractivity contribution is 5.77. The van der Waals surface area contributed by atoms with Crippen LogP contribution in [0.5, 0.6) is 5.75 Å². The molecule has 0 radical (unpaired) electrons. The fourth-order valence-electron chi connectivity index (χ4n) is 1.61. The van der Waals surface area contributed by atoms with Gasteiger partial charge in [-0.05, 0) is 24.0 Å². The van der Waals surface area contributed by atoms with E-state index >= 15 is 0 Å². The van der Waals surface area contributed by atoms with Crippen molar-refractivity contribution >= 4 is 11.6 Å². The van der Waals surface area contributed by atoms with Crippen LogP contribution in [0.3, 0.4) is 0 Å². The van der Waals surface area contributed by atoms with Crippen molar-refractivity contribution in [2.45, 2.75) is 20.3 Å². The molecule has 0 saturated carbocycles. The molecule has 0 atom stereocenters. The molecule has 5 nitrogen and oxygen atoms in total. The topological polar surface area (TPSA) is 73.6 Å². The Morgan fingerprint density at radius 2 is 2.05 bits per heavy atom. The Labute approximate surface area is 120 Å². The first kappa shape index (κ1) is 16.3. The Kier molecular flexibility index (Phi) is 6.31. The summed E-state index contributed by atoms with van der Waals surface area (Å²) in [5.74, 6) is 0.375. The number of hydrogen-bond donors (Lipinski definition) is 2. The van der Waals surface area contributed by atoms with Crippen LogP contribution in [0.15, 0.2) is 24.3 Å². The van der Waals surface area contributed by atoms with Gasteiger partial charge in [-0.2, -0.15) is 0 Å². The molecule has 0 aliphatic carbocycles. The monoisotopic (exact) mass is 280 g/mol. The van der Waals surface area contributed by atoms with Gasteiger partial charge in [0.05, 0.1) is 5.69 Å². The molecule has 1 aromatic carbocycles. The van der Waals surface area contributed by atoms with Gasteiger partial charge in [-0.15, -0.1) is 0 Å². The number of methoxy groups -OCH3 is 1. The summed E-state index contributed by atoms with van der Waals surface area (Å²) < 4.78 is 10.4. The van der Waals surface area contributed by atoms with Gasteiger partial charge in [-0.25, -0.2) is 0 Å². The summed E-state index contributed by atoms with van der Waals surface area (Å²) in [5, 5.41) is 2.86. The number of hydrogen-bond acceptors (Lipinski definition) is 4. The van der Waals surface area contributed by atoms with Gasteiger partial charge in [0.25, 0.3) is 5.91 Å². The molecule has 3 N–H and O–H groups in total. The van der Waals surface area contributed by atoms with Crippen LogP contribution in [-0.2, 0) is 9.53 Å². The quantitative estimate of drug-likeness (QED) is 0.712. The maximum atomic E-state index is 11.7. The lowest BCUT2D eigenvalue weighted by Crippen LogP contribution is -2.37. The van der Waals surface area contributed by atoms with Crippen LogP contribution in [0.2, 0.25) is 0 Å². The van der Waals surface area contributed by atoms with Gasteiger partial charge in [0.2, 0.25) is 0 Å². The second-order valence-electron chi connectivity index (χ2n) is 5.51. The first-order chi connectivity index (χ1) is 9.44. The van der Waals surface area contributed by atoms with Crippen LogP contribution in [-0.4, -0.2) is 32.8 Å².